The highest BCUT2D eigenvalue weighted by Crippen LogP contribution is 2.43. The SMILES string of the molecule is CCc1ccc(N2C(=S)NC(c3ccccn3)C2c2ccc(-c3ccccc3C(=O)OC)o2)cc1. The molecule has 6 nitrogen and oxygen atoms in total. The number of rotatable bonds is 6. The van der Waals surface area contributed by atoms with Gasteiger partial charge in [0.05, 0.1) is 24.4 Å². The quantitative estimate of drug-likeness (QED) is 0.272. The van der Waals surface area contributed by atoms with Gasteiger partial charge in [0.15, 0.2) is 5.11 Å². The highest BCUT2D eigenvalue weighted by molar-refractivity contribution is 7.80. The molecule has 1 fully saturated rings. The molecule has 0 spiro atoms. The van der Waals surface area contributed by atoms with E-state index in [1.54, 1.807) is 18.3 Å². The van der Waals surface area contributed by atoms with Gasteiger partial charge >= 0.3 is 5.97 Å². The monoisotopic (exact) mass is 483 g/mol. The second-order valence-electron chi connectivity index (χ2n) is 8.26. The fourth-order valence-corrected chi connectivity index (χ4v) is 4.80. The first-order chi connectivity index (χ1) is 17.1. The van der Waals surface area contributed by atoms with Crippen LogP contribution in [-0.2, 0) is 11.2 Å². The van der Waals surface area contributed by atoms with Crippen LogP contribution >= 0.6 is 12.2 Å². The second kappa shape index (κ2) is 9.72. The number of aryl methyl sites for hydroxylation is 1. The number of methoxy groups -OCH3 is 1. The number of benzene rings is 2. The number of hydrogen-bond donors (Lipinski definition) is 1. The van der Waals surface area contributed by atoms with Gasteiger partial charge in [0.25, 0.3) is 0 Å². The Hall–Kier alpha value is -3.97. The van der Waals surface area contributed by atoms with Crippen LogP contribution < -0.4 is 10.2 Å². The van der Waals surface area contributed by atoms with Gasteiger partial charge in [-0.25, -0.2) is 4.79 Å². The minimum absolute atomic E-state index is 0.218. The molecule has 0 amide bonds. The molecular formula is C28H25N3O3S. The molecule has 176 valence electrons. The Kier molecular flexibility index (Phi) is 6.33. The molecule has 2 aromatic carbocycles. The van der Waals surface area contributed by atoms with Crippen LogP contribution in [0.15, 0.2) is 89.5 Å². The van der Waals surface area contributed by atoms with E-state index in [2.05, 4.69) is 46.4 Å². The van der Waals surface area contributed by atoms with E-state index in [1.807, 2.05) is 42.5 Å². The van der Waals surface area contributed by atoms with Gasteiger partial charge in [-0.1, -0.05) is 43.3 Å². The lowest BCUT2D eigenvalue weighted by Crippen LogP contribution is -2.29. The van der Waals surface area contributed by atoms with Gasteiger partial charge in [0, 0.05) is 17.4 Å². The lowest BCUT2D eigenvalue weighted by atomic mass is 10.0. The molecule has 0 aliphatic carbocycles. The summed E-state index contributed by atoms with van der Waals surface area (Å²) in [5, 5.41) is 4.04. The van der Waals surface area contributed by atoms with Crippen molar-refractivity contribution >= 4 is 29.0 Å². The molecule has 2 atom stereocenters. The van der Waals surface area contributed by atoms with Gasteiger partial charge < -0.3 is 19.4 Å². The number of carbonyl (C=O) groups is 1. The van der Waals surface area contributed by atoms with E-state index in [0.717, 1.165) is 17.8 Å². The van der Waals surface area contributed by atoms with E-state index in [1.165, 1.54) is 12.7 Å². The van der Waals surface area contributed by atoms with Crippen LogP contribution in [0, 0.1) is 0 Å². The lowest BCUT2D eigenvalue weighted by Gasteiger charge is -2.26. The molecule has 2 aromatic heterocycles. The van der Waals surface area contributed by atoms with Crippen molar-refractivity contribution in [2.75, 3.05) is 12.0 Å². The molecule has 1 saturated heterocycles. The number of thiocarbonyl (C=S) groups is 1. The number of esters is 1. The van der Waals surface area contributed by atoms with Crippen LogP contribution in [-0.4, -0.2) is 23.2 Å². The van der Waals surface area contributed by atoms with Crippen LogP contribution in [0.2, 0.25) is 0 Å². The molecule has 0 radical (unpaired) electrons. The Bertz CT molecular complexity index is 1350. The van der Waals surface area contributed by atoms with Gasteiger partial charge in [0.1, 0.15) is 17.6 Å². The van der Waals surface area contributed by atoms with E-state index < -0.39 is 5.97 Å². The van der Waals surface area contributed by atoms with Crippen molar-refractivity contribution in [3.05, 3.63) is 108 Å². The molecule has 1 aliphatic heterocycles. The molecule has 0 saturated carbocycles. The van der Waals surface area contributed by atoms with Crippen molar-refractivity contribution in [2.24, 2.45) is 0 Å². The van der Waals surface area contributed by atoms with Crippen LogP contribution in [0.4, 0.5) is 5.69 Å². The third-order valence-corrected chi connectivity index (χ3v) is 6.55. The number of nitrogens with zero attached hydrogens (tertiary/aromatic N) is 2. The molecule has 3 heterocycles. The first kappa shape index (κ1) is 22.8. The summed E-state index contributed by atoms with van der Waals surface area (Å²) < 4.78 is 11.4. The Morgan fingerprint density at radius 2 is 1.83 bits per heavy atom. The Labute approximate surface area is 209 Å². The van der Waals surface area contributed by atoms with Crippen molar-refractivity contribution < 1.29 is 13.9 Å². The van der Waals surface area contributed by atoms with Gasteiger partial charge in [-0.15, -0.1) is 0 Å². The normalized spacial score (nSPS) is 17.3. The van der Waals surface area contributed by atoms with Gasteiger partial charge in [-0.3, -0.25) is 4.98 Å². The van der Waals surface area contributed by atoms with Gasteiger partial charge in [-0.05, 0) is 66.7 Å². The summed E-state index contributed by atoms with van der Waals surface area (Å²) in [6.07, 6.45) is 2.74. The zero-order valence-corrected chi connectivity index (χ0v) is 20.3. The molecule has 35 heavy (non-hydrogen) atoms. The topological polar surface area (TPSA) is 67.6 Å². The largest absolute Gasteiger partial charge is 0.465 e. The Balaban J connectivity index is 1.59. The average Bonchev–Trinajstić information content (AvgIpc) is 3.53. The highest BCUT2D eigenvalue weighted by atomic mass is 32.1. The maximum Gasteiger partial charge on any atom is 0.338 e. The zero-order valence-electron chi connectivity index (χ0n) is 19.5. The smallest absolute Gasteiger partial charge is 0.338 e. The molecule has 1 aliphatic rings. The first-order valence-corrected chi connectivity index (χ1v) is 11.9. The van der Waals surface area contributed by atoms with Crippen LogP contribution in [0.25, 0.3) is 11.3 Å². The van der Waals surface area contributed by atoms with E-state index in [9.17, 15) is 4.79 Å². The van der Waals surface area contributed by atoms with Crippen molar-refractivity contribution in [3.8, 4) is 11.3 Å². The van der Waals surface area contributed by atoms with E-state index in [0.29, 0.717) is 27.8 Å². The third kappa shape index (κ3) is 4.31. The summed E-state index contributed by atoms with van der Waals surface area (Å²) in [6, 6.07) is 24.8. The van der Waals surface area contributed by atoms with E-state index in [-0.39, 0.29) is 12.1 Å². The molecule has 4 aromatic rings. The molecule has 7 heteroatoms. The number of furan rings is 1. The number of hydrogen-bond acceptors (Lipinski definition) is 5. The summed E-state index contributed by atoms with van der Waals surface area (Å²) in [5.41, 5.74) is 4.21. The standard InChI is InChI=1S/C28H25N3O3S/c1-3-18-11-13-19(14-12-18)31-26(25(30-28(31)35)22-10-6-7-17-29-22)24-16-15-23(34-24)20-8-4-5-9-21(20)27(32)33-2/h4-17,25-26H,3H2,1-2H3,(H,30,35). The maximum atomic E-state index is 12.3. The lowest BCUT2D eigenvalue weighted by molar-refractivity contribution is 0.0601. The summed E-state index contributed by atoms with van der Waals surface area (Å²) >= 11 is 5.79. The maximum absolute atomic E-state index is 12.3. The number of ether oxygens (including phenoxy) is 1. The Morgan fingerprint density at radius 1 is 1.06 bits per heavy atom. The van der Waals surface area contributed by atoms with Crippen molar-refractivity contribution in [1.29, 1.82) is 0 Å². The van der Waals surface area contributed by atoms with Crippen molar-refractivity contribution in [2.45, 2.75) is 25.4 Å². The van der Waals surface area contributed by atoms with E-state index >= 15 is 0 Å². The zero-order chi connectivity index (χ0) is 24.4. The first-order valence-electron chi connectivity index (χ1n) is 11.5. The fraction of sp³-hybridized carbons (Fsp3) is 0.179. The number of aromatic nitrogens is 1. The van der Waals surface area contributed by atoms with E-state index in [4.69, 9.17) is 21.4 Å². The highest BCUT2D eigenvalue weighted by Gasteiger charge is 2.42. The molecular weight excluding hydrogens is 458 g/mol. The molecule has 5 rings (SSSR count). The summed E-state index contributed by atoms with van der Waals surface area (Å²) in [5.74, 6) is 0.883. The minimum Gasteiger partial charge on any atom is -0.465 e. The van der Waals surface area contributed by atoms with Crippen LogP contribution in [0.5, 0.6) is 0 Å². The predicted molar refractivity (Wildman–Crippen MR) is 139 cm³/mol. The molecule has 1 N–H and O–H groups in total. The summed E-state index contributed by atoms with van der Waals surface area (Å²) in [4.78, 5) is 19.0. The van der Waals surface area contributed by atoms with Crippen molar-refractivity contribution in [1.82, 2.24) is 10.3 Å². The predicted octanol–water partition coefficient (Wildman–Crippen LogP) is 5.87. The number of pyridine rings is 1. The summed E-state index contributed by atoms with van der Waals surface area (Å²) in [6.45, 7) is 2.13. The number of anilines is 1. The molecule has 0 bridgehead atoms. The third-order valence-electron chi connectivity index (χ3n) is 6.24. The van der Waals surface area contributed by atoms with Gasteiger partial charge in [0.2, 0.25) is 0 Å². The van der Waals surface area contributed by atoms with Crippen LogP contribution in [0.3, 0.4) is 0 Å². The number of nitrogens with one attached hydrogen (secondary N) is 1. The fourth-order valence-electron chi connectivity index (χ4n) is 4.46. The summed E-state index contributed by atoms with van der Waals surface area (Å²) in [7, 11) is 1.37. The van der Waals surface area contributed by atoms with Crippen LogP contribution in [0.1, 0.15) is 46.4 Å². The second-order valence-corrected chi connectivity index (χ2v) is 8.64. The van der Waals surface area contributed by atoms with Crippen molar-refractivity contribution in [3.63, 3.8) is 0 Å². The van der Waals surface area contributed by atoms with Gasteiger partial charge in [-0.2, -0.15) is 0 Å². The minimum atomic E-state index is -0.411. The molecule has 2 unspecified atom stereocenters. The average molecular weight is 484 g/mol. The Morgan fingerprint density at radius 3 is 2.54 bits per heavy atom. The number of carbonyl (C=O) groups excluding carboxylic acids is 1.